The number of hydrogen-bond donors (Lipinski definition) is 2. The number of sulfone groups is 1. The van der Waals surface area contributed by atoms with Crippen LogP contribution in [0, 0.1) is 11.3 Å². The van der Waals surface area contributed by atoms with Gasteiger partial charge in [0.1, 0.15) is 11.8 Å². The van der Waals surface area contributed by atoms with E-state index in [2.05, 4.69) is 16.4 Å². The molecule has 1 unspecified atom stereocenters. The van der Waals surface area contributed by atoms with Gasteiger partial charge in [-0.05, 0) is 57.4 Å². The van der Waals surface area contributed by atoms with Gasteiger partial charge in [0.25, 0.3) is 5.91 Å². The third-order valence-corrected chi connectivity index (χ3v) is 7.64. The number of carbonyl (C=O) groups excluding carboxylic acids is 1. The lowest BCUT2D eigenvalue weighted by molar-refractivity contribution is 0.0917. The van der Waals surface area contributed by atoms with E-state index in [-0.39, 0.29) is 49.4 Å². The van der Waals surface area contributed by atoms with Crippen molar-refractivity contribution in [3.8, 4) is 23.1 Å². The number of nitriles is 1. The Labute approximate surface area is 231 Å². The SMILES string of the molecule is C.C.CC(O)C[C@H](Cc1ccc(-c2cn3c(n2)S(=O)(=O)CC3)cc1)NC(=O)c1ccc(OC(C)C)c(C#N)c1. The van der Waals surface area contributed by atoms with Crippen molar-refractivity contribution in [2.24, 2.45) is 0 Å². The molecule has 0 fully saturated rings. The molecule has 4 rings (SSSR count). The van der Waals surface area contributed by atoms with Crippen molar-refractivity contribution in [1.82, 2.24) is 14.9 Å². The maximum Gasteiger partial charge on any atom is 0.251 e. The zero-order valence-electron chi connectivity index (χ0n) is 21.0. The lowest BCUT2D eigenvalue weighted by Gasteiger charge is -2.21. The number of aliphatic hydroxyl groups excluding tert-OH is 1. The number of nitrogens with zero attached hydrogens (tertiary/aromatic N) is 3. The number of rotatable bonds is 9. The van der Waals surface area contributed by atoms with Crippen LogP contribution in [0.1, 0.15) is 63.5 Å². The molecule has 0 saturated heterocycles. The van der Waals surface area contributed by atoms with Crippen molar-refractivity contribution in [2.45, 2.75) is 78.4 Å². The number of aromatic nitrogens is 2. The van der Waals surface area contributed by atoms with Crippen LogP contribution in [0.2, 0.25) is 0 Å². The van der Waals surface area contributed by atoms with E-state index < -0.39 is 15.9 Å². The molecule has 0 aliphatic carbocycles. The fourth-order valence-electron chi connectivity index (χ4n) is 4.34. The molecule has 0 saturated carbocycles. The second kappa shape index (κ2) is 12.9. The summed E-state index contributed by atoms with van der Waals surface area (Å²) in [5, 5.41) is 22.6. The number of aliphatic hydroxyl groups is 1. The molecule has 2 heterocycles. The molecular weight excluding hydrogens is 516 g/mol. The van der Waals surface area contributed by atoms with E-state index in [0.29, 0.717) is 36.4 Å². The van der Waals surface area contributed by atoms with E-state index in [1.54, 1.807) is 29.8 Å². The van der Waals surface area contributed by atoms with Crippen molar-refractivity contribution in [1.29, 1.82) is 5.26 Å². The maximum atomic E-state index is 13.0. The summed E-state index contributed by atoms with van der Waals surface area (Å²) in [6, 6.07) is 14.0. The lowest BCUT2D eigenvalue weighted by Crippen LogP contribution is -2.38. The number of benzene rings is 2. The van der Waals surface area contributed by atoms with Crippen LogP contribution in [0.15, 0.2) is 53.8 Å². The largest absolute Gasteiger partial charge is 0.490 e. The summed E-state index contributed by atoms with van der Waals surface area (Å²) in [7, 11) is -3.31. The molecular formula is C29H38N4O5S. The molecule has 1 aromatic heterocycles. The van der Waals surface area contributed by atoms with Crippen molar-refractivity contribution >= 4 is 15.7 Å². The molecule has 0 radical (unpaired) electrons. The molecule has 9 nitrogen and oxygen atoms in total. The number of imidazole rings is 1. The summed E-state index contributed by atoms with van der Waals surface area (Å²) in [6.45, 7) is 5.80. The van der Waals surface area contributed by atoms with Gasteiger partial charge in [0.05, 0.1) is 29.2 Å². The van der Waals surface area contributed by atoms with Crippen molar-refractivity contribution < 1.29 is 23.1 Å². The highest BCUT2D eigenvalue weighted by atomic mass is 32.2. The Morgan fingerprint density at radius 2 is 1.87 bits per heavy atom. The monoisotopic (exact) mass is 554 g/mol. The van der Waals surface area contributed by atoms with Crippen LogP contribution in [-0.4, -0.2) is 53.0 Å². The van der Waals surface area contributed by atoms with Gasteiger partial charge < -0.3 is 19.7 Å². The Bertz CT molecular complexity index is 1440. The Morgan fingerprint density at radius 1 is 1.18 bits per heavy atom. The molecule has 2 atom stereocenters. The Morgan fingerprint density at radius 3 is 2.46 bits per heavy atom. The Balaban J connectivity index is 0.00000267. The molecule has 0 bridgehead atoms. The summed E-state index contributed by atoms with van der Waals surface area (Å²) in [6.07, 6.45) is 1.84. The summed E-state index contributed by atoms with van der Waals surface area (Å²) in [5.74, 6) is 0.164. The van der Waals surface area contributed by atoms with Gasteiger partial charge in [-0.3, -0.25) is 4.79 Å². The van der Waals surface area contributed by atoms with Crippen LogP contribution in [0.4, 0.5) is 0 Å². The topological polar surface area (TPSA) is 134 Å². The molecule has 2 aromatic carbocycles. The first kappa shape index (κ1) is 31.5. The highest BCUT2D eigenvalue weighted by Crippen LogP contribution is 2.26. The van der Waals surface area contributed by atoms with Crippen LogP contribution in [0.25, 0.3) is 11.3 Å². The average Bonchev–Trinajstić information content (AvgIpc) is 3.39. The smallest absolute Gasteiger partial charge is 0.251 e. The summed E-state index contributed by atoms with van der Waals surface area (Å²) in [5.41, 5.74) is 2.94. The highest BCUT2D eigenvalue weighted by molar-refractivity contribution is 7.91. The fourth-order valence-corrected chi connectivity index (χ4v) is 5.70. The summed E-state index contributed by atoms with van der Waals surface area (Å²) in [4.78, 5) is 17.3. The summed E-state index contributed by atoms with van der Waals surface area (Å²) < 4.78 is 31.5. The normalized spacial score (nSPS) is 14.8. The number of carbonyl (C=O) groups is 1. The number of ether oxygens (including phenoxy) is 1. The standard InChI is InChI=1S/C27H30N4O5S.2CH4/c1-17(2)36-25-9-8-21(14-22(25)15-28)26(33)29-23(12-18(3)32)13-19-4-6-20(7-5-19)24-16-31-10-11-37(34,35)27(31)30-24;;/h4-9,14,16-18,23,32H,10-13H2,1-3H3,(H,29,33);2*1H4/t18?,23-;;/m1../s1. The van der Waals surface area contributed by atoms with E-state index in [9.17, 15) is 23.6 Å². The van der Waals surface area contributed by atoms with Crippen LogP contribution in [0.3, 0.4) is 0 Å². The fraction of sp³-hybridized carbons (Fsp3) is 0.414. The van der Waals surface area contributed by atoms with Crippen LogP contribution < -0.4 is 10.1 Å². The van der Waals surface area contributed by atoms with E-state index in [0.717, 1.165) is 11.1 Å². The molecule has 210 valence electrons. The minimum absolute atomic E-state index is 0. The number of amides is 1. The van der Waals surface area contributed by atoms with E-state index in [1.165, 1.54) is 6.07 Å². The number of aryl methyl sites for hydroxylation is 1. The zero-order chi connectivity index (χ0) is 26.7. The van der Waals surface area contributed by atoms with Gasteiger partial charge in [-0.25, -0.2) is 13.4 Å². The summed E-state index contributed by atoms with van der Waals surface area (Å²) >= 11 is 0. The van der Waals surface area contributed by atoms with Crippen LogP contribution >= 0.6 is 0 Å². The van der Waals surface area contributed by atoms with Gasteiger partial charge >= 0.3 is 0 Å². The van der Waals surface area contributed by atoms with Crippen molar-refractivity contribution in [3.05, 3.63) is 65.4 Å². The molecule has 1 aliphatic heterocycles. The van der Waals surface area contributed by atoms with E-state index >= 15 is 0 Å². The minimum atomic E-state index is -3.31. The van der Waals surface area contributed by atoms with Gasteiger partial charge in [0.2, 0.25) is 15.0 Å². The third-order valence-electron chi connectivity index (χ3n) is 6.04. The van der Waals surface area contributed by atoms with Gasteiger partial charge in [0, 0.05) is 29.9 Å². The van der Waals surface area contributed by atoms with E-state index in [4.69, 9.17) is 4.74 Å². The van der Waals surface area contributed by atoms with Gasteiger partial charge in [-0.2, -0.15) is 5.26 Å². The first-order valence-corrected chi connectivity index (χ1v) is 13.8. The Hall–Kier alpha value is -3.68. The molecule has 39 heavy (non-hydrogen) atoms. The molecule has 1 aliphatic rings. The number of fused-ring (bicyclic) bond motifs is 1. The van der Waals surface area contributed by atoms with Gasteiger partial charge in [0.15, 0.2) is 0 Å². The first-order chi connectivity index (χ1) is 17.6. The Kier molecular flexibility index (Phi) is 10.4. The minimum Gasteiger partial charge on any atom is -0.490 e. The molecule has 10 heteroatoms. The average molecular weight is 555 g/mol. The maximum absolute atomic E-state index is 13.0. The molecule has 3 aromatic rings. The third kappa shape index (κ3) is 7.46. The predicted molar refractivity (Wildman–Crippen MR) is 151 cm³/mol. The lowest BCUT2D eigenvalue weighted by atomic mass is 9.99. The molecule has 0 spiro atoms. The number of nitrogens with one attached hydrogen (secondary N) is 1. The highest BCUT2D eigenvalue weighted by Gasteiger charge is 2.29. The van der Waals surface area contributed by atoms with Crippen LogP contribution in [-0.2, 0) is 22.8 Å². The van der Waals surface area contributed by atoms with Crippen LogP contribution in [0.5, 0.6) is 5.75 Å². The molecule has 2 N–H and O–H groups in total. The van der Waals surface area contributed by atoms with Crippen molar-refractivity contribution in [3.63, 3.8) is 0 Å². The second-order valence-electron chi connectivity index (χ2n) is 9.57. The zero-order valence-corrected chi connectivity index (χ0v) is 21.8. The van der Waals surface area contributed by atoms with Gasteiger partial charge in [-0.15, -0.1) is 0 Å². The van der Waals surface area contributed by atoms with Gasteiger partial charge in [-0.1, -0.05) is 39.1 Å². The predicted octanol–water partition coefficient (Wildman–Crippen LogP) is 4.38. The first-order valence-electron chi connectivity index (χ1n) is 12.1. The quantitative estimate of drug-likeness (QED) is 0.401. The second-order valence-corrected chi connectivity index (χ2v) is 11.6. The molecule has 1 amide bonds. The van der Waals surface area contributed by atoms with E-state index in [1.807, 2.05) is 38.1 Å². The number of hydrogen-bond acceptors (Lipinski definition) is 7. The van der Waals surface area contributed by atoms with Crippen molar-refractivity contribution in [2.75, 3.05) is 5.75 Å².